The molecule has 0 N–H and O–H groups in total. The van der Waals surface area contributed by atoms with E-state index >= 15 is 0 Å². The van der Waals surface area contributed by atoms with Gasteiger partial charge in [-0.2, -0.15) is 0 Å². The highest BCUT2D eigenvalue weighted by molar-refractivity contribution is 7.97. The molecule has 0 fully saturated rings. The number of benzene rings is 3. The lowest BCUT2D eigenvalue weighted by Gasteiger charge is -2.19. The standard InChI is InChI=1S/C26H29S/c1-5-6-11-21-12-10-15-25(20-21)27(23-13-8-7-9-14-23)24-18-16-22(17-19-24)26(2,3)4/h5-10,12-20H,11H2,1-4H3/q+1/b6-5-. The molecule has 3 aromatic rings. The molecule has 1 atom stereocenters. The van der Waals surface area contributed by atoms with Crippen LogP contribution in [-0.2, 0) is 22.7 Å². The van der Waals surface area contributed by atoms with Crippen LogP contribution in [0.15, 0.2) is 106 Å². The summed E-state index contributed by atoms with van der Waals surface area (Å²) in [7, 11) is -0.0896. The first-order valence-electron chi connectivity index (χ1n) is 9.59. The third-order valence-electron chi connectivity index (χ3n) is 4.66. The zero-order valence-electron chi connectivity index (χ0n) is 16.8. The highest BCUT2D eigenvalue weighted by Gasteiger charge is 2.29. The van der Waals surface area contributed by atoms with Gasteiger partial charge >= 0.3 is 0 Å². The lowest BCUT2D eigenvalue weighted by Crippen LogP contribution is -2.11. The van der Waals surface area contributed by atoms with E-state index in [0.717, 1.165) is 6.42 Å². The lowest BCUT2D eigenvalue weighted by atomic mass is 9.87. The molecule has 0 heterocycles. The lowest BCUT2D eigenvalue weighted by molar-refractivity contribution is 0.589. The molecular weight excluding hydrogens is 344 g/mol. The van der Waals surface area contributed by atoms with Gasteiger partial charge in [-0.05, 0) is 66.3 Å². The third kappa shape index (κ3) is 4.93. The van der Waals surface area contributed by atoms with Gasteiger partial charge in [0.15, 0.2) is 14.7 Å². The number of allylic oxidation sites excluding steroid dienone is 2. The van der Waals surface area contributed by atoms with E-state index in [9.17, 15) is 0 Å². The van der Waals surface area contributed by atoms with Crippen LogP contribution in [0.5, 0.6) is 0 Å². The summed E-state index contributed by atoms with van der Waals surface area (Å²) in [6, 6.07) is 29.1. The summed E-state index contributed by atoms with van der Waals surface area (Å²) >= 11 is 0. The Balaban J connectivity index is 2.05. The molecule has 0 aliphatic rings. The minimum absolute atomic E-state index is 0.0896. The van der Waals surface area contributed by atoms with E-state index in [4.69, 9.17) is 0 Å². The Morgan fingerprint density at radius 1 is 0.741 bits per heavy atom. The van der Waals surface area contributed by atoms with Crippen LogP contribution < -0.4 is 0 Å². The summed E-state index contributed by atoms with van der Waals surface area (Å²) in [5.41, 5.74) is 2.92. The Hall–Kier alpha value is -2.25. The normalized spacial score (nSPS) is 13.0. The highest BCUT2D eigenvalue weighted by atomic mass is 32.2. The monoisotopic (exact) mass is 373 g/mol. The van der Waals surface area contributed by atoms with Gasteiger partial charge in [0.25, 0.3) is 0 Å². The Labute approximate surface area is 167 Å². The van der Waals surface area contributed by atoms with E-state index in [-0.39, 0.29) is 16.3 Å². The molecule has 0 radical (unpaired) electrons. The molecule has 3 rings (SSSR count). The summed E-state index contributed by atoms with van der Waals surface area (Å²) in [6.45, 7) is 8.88. The van der Waals surface area contributed by atoms with Crippen LogP contribution >= 0.6 is 0 Å². The summed E-state index contributed by atoms with van der Waals surface area (Å²) in [5, 5.41) is 0. The molecule has 0 bridgehead atoms. The maximum Gasteiger partial charge on any atom is 0.166 e. The first kappa shape index (κ1) is 19.5. The van der Waals surface area contributed by atoms with Crippen LogP contribution in [0.25, 0.3) is 0 Å². The predicted octanol–water partition coefficient (Wildman–Crippen LogP) is 7.20. The van der Waals surface area contributed by atoms with Crippen molar-refractivity contribution in [3.63, 3.8) is 0 Å². The van der Waals surface area contributed by atoms with Crippen LogP contribution in [0.2, 0.25) is 0 Å². The summed E-state index contributed by atoms with van der Waals surface area (Å²) in [4.78, 5) is 4.12. The molecule has 0 aromatic heterocycles. The molecule has 0 nitrogen and oxygen atoms in total. The van der Waals surface area contributed by atoms with Gasteiger partial charge in [0, 0.05) is 0 Å². The molecule has 0 aliphatic heterocycles. The SMILES string of the molecule is C/C=C\Cc1cccc([S+](c2ccccc2)c2ccc(C(C)(C)C)cc2)c1. The number of hydrogen-bond donors (Lipinski definition) is 0. The second kappa shape index (κ2) is 8.63. The van der Waals surface area contributed by atoms with Crippen molar-refractivity contribution in [3.8, 4) is 0 Å². The van der Waals surface area contributed by atoms with E-state index in [0.29, 0.717) is 0 Å². The van der Waals surface area contributed by atoms with Crippen LogP contribution in [0.1, 0.15) is 38.8 Å². The molecule has 1 unspecified atom stereocenters. The molecule has 138 valence electrons. The van der Waals surface area contributed by atoms with Gasteiger partial charge in [0.1, 0.15) is 0 Å². The van der Waals surface area contributed by atoms with Gasteiger partial charge in [-0.3, -0.25) is 0 Å². The molecule has 0 amide bonds. The fourth-order valence-electron chi connectivity index (χ4n) is 3.11. The molecule has 0 aliphatic carbocycles. The maximum absolute atomic E-state index is 2.37. The van der Waals surface area contributed by atoms with Crippen LogP contribution in [0, 0.1) is 0 Å². The van der Waals surface area contributed by atoms with Crippen molar-refractivity contribution < 1.29 is 0 Å². The summed E-state index contributed by atoms with van der Waals surface area (Å²) < 4.78 is 0. The molecule has 0 saturated heterocycles. The van der Waals surface area contributed by atoms with E-state index in [1.807, 2.05) is 0 Å². The smallest absolute Gasteiger partial charge is 0.0913 e. The maximum atomic E-state index is 2.37. The zero-order valence-corrected chi connectivity index (χ0v) is 17.6. The molecule has 0 saturated carbocycles. The fourth-order valence-corrected chi connectivity index (χ4v) is 5.25. The number of hydrogen-bond acceptors (Lipinski definition) is 0. The zero-order chi connectivity index (χ0) is 19.3. The molecule has 3 aromatic carbocycles. The first-order chi connectivity index (χ1) is 13.0. The topological polar surface area (TPSA) is 0 Å². The Morgan fingerprint density at radius 2 is 1.37 bits per heavy atom. The fraction of sp³-hybridized carbons (Fsp3) is 0.231. The van der Waals surface area contributed by atoms with Crippen LogP contribution in [0.4, 0.5) is 0 Å². The minimum Gasteiger partial charge on any atom is -0.0913 e. The molecule has 0 spiro atoms. The average molecular weight is 374 g/mol. The van der Waals surface area contributed by atoms with Gasteiger partial charge < -0.3 is 0 Å². The Morgan fingerprint density at radius 3 is 2.00 bits per heavy atom. The quantitative estimate of drug-likeness (QED) is 0.328. The average Bonchev–Trinajstić information content (AvgIpc) is 2.67. The molecule has 27 heavy (non-hydrogen) atoms. The Bertz CT molecular complexity index is 883. The van der Waals surface area contributed by atoms with Crippen LogP contribution in [0.3, 0.4) is 0 Å². The highest BCUT2D eigenvalue weighted by Crippen LogP contribution is 2.33. The van der Waals surface area contributed by atoms with E-state index < -0.39 is 0 Å². The van der Waals surface area contributed by atoms with Gasteiger partial charge in [0.05, 0.1) is 10.9 Å². The van der Waals surface area contributed by atoms with Gasteiger partial charge in [0.2, 0.25) is 0 Å². The number of rotatable bonds is 5. The third-order valence-corrected chi connectivity index (χ3v) is 6.87. The van der Waals surface area contributed by atoms with Crippen molar-refractivity contribution in [2.24, 2.45) is 0 Å². The van der Waals surface area contributed by atoms with Gasteiger partial charge in [-0.15, -0.1) is 0 Å². The van der Waals surface area contributed by atoms with Crippen molar-refractivity contribution in [3.05, 3.63) is 102 Å². The second-order valence-corrected chi connectivity index (χ2v) is 9.84. The van der Waals surface area contributed by atoms with Crippen molar-refractivity contribution >= 4 is 10.9 Å². The van der Waals surface area contributed by atoms with E-state index in [1.165, 1.54) is 25.8 Å². The first-order valence-corrected chi connectivity index (χ1v) is 10.8. The van der Waals surface area contributed by atoms with Crippen LogP contribution in [-0.4, -0.2) is 0 Å². The van der Waals surface area contributed by atoms with Gasteiger partial charge in [-0.1, -0.05) is 75.4 Å². The molecular formula is C26H29S+. The van der Waals surface area contributed by atoms with E-state index in [1.54, 1.807) is 0 Å². The van der Waals surface area contributed by atoms with Crippen molar-refractivity contribution in [2.75, 3.05) is 0 Å². The largest absolute Gasteiger partial charge is 0.166 e. The van der Waals surface area contributed by atoms with Crippen molar-refractivity contribution in [1.82, 2.24) is 0 Å². The van der Waals surface area contributed by atoms with Crippen molar-refractivity contribution in [2.45, 2.75) is 54.2 Å². The minimum atomic E-state index is -0.0896. The van der Waals surface area contributed by atoms with Gasteiger partial charge in [-0.25, -0.2) is 0 Å². The molecule has 1 heteroatoms. The van der Waals surface area contributed by atoms with Crippen molar-refractivity contribution in [1.29, 1.82) is 0 Å². The predicted molar refractivity (Wildman–Crippen MR) is 119 cm³/mol. The second-order valence-electron chi connectivity index (χ2n) is 7.81. The Kier molecular flexibility index (Phi) is 6.23. The van der Waals surface area contributed by atoms with E-state index in [2.05, 4.69) is 119 Å². The summed E-state index contributed by atoms with van der Waals surface area (Å²) in [6.07, 6.45) is 5.33. The summed E-state index contributed by atoms with van der Waals surface area (Å²) in [5.74, 6) is 0.